The van der Waals surface area contributed by atoms with Crippen LogP contribution in [0.15, 0.2) is 159 Å². The Balaban J connectivity index is 1.41. The third kappa shape index (κ3) is 5.77. The number of hydrogen-bond acceptors (Lipinski definition) is 2. The van der Waals surface area contributed by atoms with Crippen LogP contribution in [0.3, 0.4) is 0 Å². The average molecular weight is 650 g/mol. The summed E-state index contributed by atoms with van der Waals surface area (Å²) >= 11 is 0. The highest BCUT2D eigenvalue weighted by Gasteiger charge is 2.22. The second-order valence-electron chi connectivity index (χ2n) is 12.8. The first-order valence-corrected chi connectivity index (χ1v) is 17.3. The van der Waals surface area contributed by atoms with Crippen molar-refractivity contribution in [2.45, 2.75) is 32.6 Å². The van der Waals surface area contributed by atoms with Crippen molar-refractivity contribution in [2.75, 3.05) is 0 Å². The topological polar surface area (TPSA) is 40.6 Å². The first-order valence-electron chi connectivity index (χ1n) is 17.3. The molecule has 5 nitrogen and oxygen atoms in total. The fourth-order valence-electron chi connectivity index (χ4n) is 7.23. The number of benzene rings is 4. The molecular weight excluding hydrogens is 611 g/mol. The Kier molecular flexibility index (Phi) is 8.31. The standard InChI is InChI=1S/C45H39N5/c1-4-17-33(5-2)41-30-44(35-20-11-7-12-21-35)49(46-41)39-27-38(48-32(3)26-37-24-15-16-25-43(37)48)28-40(29-39)50-45(36-22-13-8-14-23-36)31-42(47-50)34-18-9-6-10-19-34/h4-14,17-23,26-31H,1-2,15-16,24-25H2,3H3/b33-17+. The molecular formula is C45H39N5. The van der Waals surface area contributed by atoms with Crippen LogP contribution >= 0.6 is 0 Å². The molecule has 0 fully saturated rings. The summed E-state index contributed by atoms with van der Waals surface area (Å²) in [7, 11) is 0. The molecule has 0 amide bonds. The van der Waals surface area contributed by atoms with Crippen molar-refractivity contribution in [1.82, 2.24) is 24.1 Å². The summed E-state index contributed by atoms with van der Waals surface area (Å²) in [5, 5.41) is 10.5. The highest BCUT2D eigenvalue weighted by Crippen LogP contribution is 2.35. The largest absolute Gasteiger partial charge is 0.318 e. The van der Waals surface area contributed by atoms with Gasteiger partial charge in [-0.05, 0) is 74.6 Å². The highest BCUT2D eigenvalue weighted by molar-refractivity contribution is 5.77. The number of aryl methyl sites for hydroxylation is 2. The summed E-state index contributed by atoms with van der Waals surface area (Å²) < 4.78 is 6.60. The fourth-order valence-corrected chi connectivity index (χ4v) is 7.23. The van der Waals surface area contributed by atoms with Crippen molar-refractivity contribution in [3.8, 4) is 50.8 Å². The molecule has 50 heavy (non-hydrogen) atoms. The number of aromatic nitrogens is 5. The Labute approximate surface area is 293 Å². The zero-order chi connectivity index (χ0) is 34.0. The van der Waals surface area contributed by atoms with Crippen molar-refractivity contribution in [3.05, 3.63) is 181 Å². The molecule has 0 spiro atoms. The van der Waals surface area contributed by atoms with Crippen LogP contribution in [0, 0.1) is 6.92 Å². The summed E-state index contributed by atoms with van der Waals surface area (Å²) in [5.41, 5.74) is 15.0. The van der Waals surface area contributed by atoms with E-state index in [-0.39, 0.29) is 0 Å². The molecule has 0 atom stereocenters. The monoisotopic (exact) mass is 649 g/mol. The van der Waals surface area contributed by atoms with E-state index in [0.29, 0.717) is 0 Å². The minimum Gasteiger partial charge on any atom is -0.318 e. The Morgan fingerprint density at radius 1 is 0.620 bits per heavy atom. The van der Waals surface area contributed by atoms with Crippen LogP contribution in [-0.2, 0) is 12.8 Å². The van der Waals surface area contributed by atoms with Crippen LogP contribution in [0.2, 0.25) is 0 Å². The summed E-state index contributed by atoms with van der Waals surface area (Å²) in [5.74, 6) is 0. The van der Waals surface area contributed by atoms with E-state index in [1.807, 2.05) is 24.3 Å². The van der Waals surface area contributed by atoms with Gasteiger partial charge in [-0.15, -0.1) is 0 Å². The first-order chi connectivity index (χ1) is 24.6. The van der Waals surface area contributed by atoms with Gasteiger partial charge in [-0.25, -0.2) is 9.36 Å². The van der Waals surface area contributed by atoms with Gasteiger partial charge in [0, 0.05) is 39.3 Å². The molecule has 7 aromatic rings. The van der Waals surface area contributed by atoms with E-state index in [4.69, 9.17) is 10.2 Å². The molecule has 244 valence electrons. The van der Waals surface area contributed by atoms with E-state index >= 15 is 0 Å². The van der Waals surface area contributed by atoms with Gasteiger partial charge >= 0.3 is 0 Å². The van der Waals surface area contributed by atoms with Crippen molar-refractivity contribution in [1.29, 1.82) is 0 Å². The maximum absolute atomic E-state index is 5.29. The van der Waals surface area contributed by atoms with Crippen LogP contribution in [-0.4, -0.2) is 24.1 Å². The van der Waals surface area contributed by atoms with E-state index in [1.165, 1.54) is 29.8 Å². The second kappa shape index (κ2) is 13.4. The lowest BCUT2D eigenvalue weighted by molar-refractivity contribution is 0.661. The van der Waals surface area contributed by atoms with Gasteiger partial charge in [-0.1, -0.05) is 122 Å². The van der Waals surface area contributed by atoms with Gasteiger partial charge < -0.3 is 4.57 Å². The zero-order valence-electron chi connectivity index (χ0n) is 28.3. The van der Waals surface area contributed by atoms with Gasteiger partial charge in [0.15, 0.2) is 0 Å². The lowest BCUT2D eigenvalue weighted by Gasteiger charge is -2.19. The fraction of sp³-hybridized carbons (Fsp3) is 0.111. The molecule has 0 bridgehead atoms. The van der Waals surface area contributed by atoms with E-state index in [2.05, 4.69) is 149 Å². The number of nitrogens with zero attached hydrogens (tertiary/aromatic N) is 5. The summed E-state index contributed by atoms with van der Waals surface area (Å²) in [4.78, 5) is 0. The van der Waals surface area contributed by atoms with Crippen LogP contribution in [0.4, 0.5) is 0 Å². The van der Waals surface area contributed by atoms with E-state index < -0.39 is 0 Å². The van der Waals surface area contributed by atoms with Gasteiger partial charge in [-0.3, -0.25) is 0 Å². The van der Waals surface area contributed by atoms with Gasteiger partial charge in [0.2, 0.25) is 0 Å². The van der Waals surface area contributed by atoms with E-state index in [0.717, 1.165) is 74.9 Å². The van der Waals surface area contributed by atoms with Gasteiger partial charge in [0.05, 0.1) is 34.2 Å². The van der Waals surface area contributed by atoms with Gasteiger partial charge in [0.1, 0.15) is 0 Å². The molecule has 3 aromatic heterocycles. The Morgan fingerprint density at radius 2 is 1.18 bits per heavy atom. The third-order valence-electron chi connectivity index (χ3n) is 9.56. The molecule has 0 radical (unpaired) electrons. The molecule has 4 aromatic carbocycles. The maximum Gasteiger partial charge on any atom is 0.0934 e. The van der Waals surface area contributed by atoms with Crippen molar-refractivity contribution < 1.29 is 0 Å². The van der Waals surface area contributed by atoms with E-state index in [1.54, 1.807) is 6.08 Å². The predicted molar refractivity (Wildman–Crippen MR) is 206 cm³/mol. The highest BCUT2D eigenvalue weighted by atomic mass is 15.3. The summed E-state index contributed by atoms with van der Waals surface area (Å²) in [6.45, 7) is 10.2. The number of hydrogen-bond donors (Lipinski definition) is 0. The zero-order valence-corrected chi connectivity index (χ0v) is 28.3. The molecule has 0 unspecified atom stereocenters. The molecule has 0 aliphatic heterocycles. The van der Waals surface area contributed by atoms with E-state index in [9.17, 15) is 0 Å². The van der Waals surface area contributed by atoms with Crippen molar-refractivity contribution >= 4 is 5.57 Å². The molecule has 1 aliphatic carbocycles. The predicted octanol–water partition coefficient (Wildman–Crippen LogP) is 10.8. The van der Waals surface area contributed by atoms with Crippen LogP contribution < -0.4 is 0 Å². The molecule has 0 saturated carbocycles. The first kappa shape index (κ1) is 31.1. The lowest BCUT2D eigenvalue weighted by Crippen LogP contribution is -2.10. The summed E-state index contributed by atoms with van der Waals surface area (Å²) in [6.07, 6.45) is 10.2. The molecule has 8 rings (SSSR count). The summed E-state index contributed by atoms with van der Waals surface area (Å²) in [6, 6.07) is 44.8. The minimum atomic E-state index is 0.829. The lowest BCUT2D eigenvalue weighted by atomic mass is 9.98. The van der Waals surface area contributed by atoms with Gasteiger partial charge in [0.25, 0.3) is 0 Å². The van der Waals surface area contributed by atoms with Crippen LogP contribution in [0.1, 0.15) is 35.5 Å². The number of rotatable bonds is 9. The van der Waals surface area contributed by atoms with Crippen molar-refractivity contribution in [2.24, 2.45) is 0 Å². The van der Waals surface area contributed by atoms with Gasteiger partial charge in [-0.2, -0.15) is 10.2 Å². The maximum atomic E-state index is 5.29. The van der Waals surface area contributed by atoms with Crippen molar-refractivity contribution in [3.63, 3.8) is 0 Å². The Bertz CT molecular complexity index is 2350. The molecule has 0 N–H and O–H groups in total. The van der Waals surface area contributed by atoms with Crippen LogP contribution in [0.5, 0.6) is 0 Å². The number of fused-ring (bicyclic) bond motifs is 1. The molecule has 5 heteroatoms. The molecule has 3 heterocycles. The third-order valence-corrected chi connectivity index (χ3v) is 9.56. The van der Waals surface area contributed by atoms with Crippen LogP contribution in [0.25, 0.3) is 56.4 Å². The average Bonchev–Trinajstić information content (AvgIpc) is 3.90. The Morgan fingerprint density at radius 3 is 1.80 bits per heavy atom. The SMILES string of the molecule is C=C/C=C(\C=C)c1cc(-c2ccccc2)n(-c2cc(-n3nc(-c4ccccc4)cc3-c3ccccc3)cc(-n3c(C)cc4c3CCCC4)c2)n1. The second-order valence-corrected chi connectivity index (χ2v) is 12.8. The Hall–Kier alpha value is -6.20. The quantitative estimate of drug-likeness (QED) is 0.146. The minimum absolute atomic E-state index is 0.829. The smallest absolute Gasteiger partial charge is 0.0934 e. The number of allylic oxidation sites excluding steroid dienone is 4. The molecule has 1 aliphatic rings. The molecule has 0 saturated heterocycles. The normalized spacial score (nSPS) is 12.9.